The number of hydrogen-bond acceptors (Lipinski definition) is 4. The van der Waals surface area contributed by atoms with Gasteiger partial charge in [0.25, 0.3) is 0 Å². The second-order valence-electron chi connectivity index (χ2n) is 9.35. The van der Waals surface area contributed by atoms with Gasteiger partial charge in [0.1, 0.15) is 19.3 Å². The first-order chi connectivity index (χ1) is 13.7. The lowest BCUT2D eigenvalue weighted by molar-refractivity contribution is -0.870. The quantitative estimate of drug-likeness (QED) is 0.156. The van der Waals surface area contributed by atoms with Crippen molar-refractivity contribution in [3.8, 4) is 0 Å². The van der Waals surface area contributed by atoms with Crippen molar-refractivity contribution in [3.05, 3.63) is 0 Å². The maximum Gasteiger partial charge on any atom is 0.309 e. The average Bonchev–Trinajstić information content (AvgIpc) is 2.61. The van der Waals surface area contributed by atoms with Gasteiger partial charge in [-0.05, 0) is 12.8 Å². The highest BCUT2D eigenvalue weighted by atomic mass is 16.6. The molecule has 1 unspecified atom stereocenters. The van der Waals surface area contributed by atoms with Crippen LogP contribution in [-0.4, -0.2) is 56.8 Å². The molecule has 5 heteroatoms. The number of unbranched alkanes of at least 4 members (excludes halogenated alkanes) is 11. The largest absolute Gasteiger partial charge is 0.462 e. The van der Waals surface area contributed by atoms with Crippen molar-refractivity contribution >= 4 is 11.9 Å². The Labute approximate surface area is 180 Å². The zero-order chi connectivity index (χ0) is 22.0. The van der Waals surface area contributed by atoms with E-state index in [1.165, 1.54) is 71.1 Å². The first kappa shape index (κ1) is 27.9. The summed E-state index contributed by atoms with van der Waals surface area (Å²) in [4.78, 5) is 23.3. The van der Waals surface area contributed by atoms with Crippen LogP contribution in [0.25, 0.3) is 0 Å². The fourth-order valence-electron chi connectivity index (χ4n) is 3.33. The number of nitrogens with zero attached hydrogens (tertiary/aromatic N) is 1. The molecule has 0 radical (unpaired) electrons. The van der Waals surface area contributed by atoms with Crippen LogP contribution in [0.4, 0.5) is 0 Å². The molecule has 0 amide bonds. The molecule has 0 aromatic rings. The molecule has 0 aliphatic carbocycles. The molecule has 29 heavy (non-hydrogen) atoms. The van der Waals surface area contributed by atoms with Crippen molar-refractivity contribution in [2.75, 3.05) is 34.3 Å². The molecule has 0 aliphatic rings. The SMILES string of the molecule is CCCCCCCCCCCCCCC(CC(=O)OCC[N+](C)(C)C)OC(C)=O. The van der Waals surface area contributed by atoms with E-state index in [1.54, 1.807) is 0 Å². The zero-order valence-corrected chi connectivity index (χ0v) is 20.0. The van der Waals surface area contributed by atoms with E-state index in [4.69, 9.17) is 9.47 Å². The van der Waals surface area contributed by atoms with Gasteiger partial charge in [-0.1, -0.05) is 77.6 Å². The number of esters is 2. The number of carbonyl (C=O) groups is 2. The molecular weight excluding hydrogens is 366 g/mol. The van der Waals surface area contributed by atoms with E-state index in [9.17, 15) is 9.59 Å². The summed E-state index contributed by atoms with van der Waals surface area (Å²) >= 11 is 0. The number of likely N-dealkylation sites (N-methyl/N-ethyl adjacent to an activating group) is 1. The number of ether oxygens (including phenoxy) is 2. The Hall–Kier alpha value is -1.10. The van der Waals surface area contributed by atoms with Crippen molar-refractivity contribution in [3.63, 3.8) is 0 Å². The van der Waals surface area contributed by atoms with Crippen LogP contribution in [0.15, 0.2) is 0 Å². The third-order valence-electron chi connectivity index (χ3n) is 5.13. The van der Waals surface area contributed by atoms with E-state index in [1.807, 2.05) is 0 Å². The summed E-state index contributed by atoms with van der Waals surface area (Å²) in [6, 6.07) is 0. The van der Waals surface area contributed by atoms with Gasteiger partial charge in [0, 0.05) is 6.92 Å². The van der Waals surface area contributed by atoms with Crippen LogP contribution in [-0.2, 0) is 19.1 Å². The Balaban J connectivity index is 3.79. The second kappa shape index (κ2) is 17.7. The van der Waals surface area contributed by atoms with Crippen LogP contribution in [0, 0.1) is 0 Å². The minimum atomic E-state index is -0.354. The average molecular weight is 415 g/mol. The summed E-state index contributed by atoms with van der Waals surface area (Å²) in [5.74, 6) is -0.600. The minimum absolute atomic E-state index is 0.161. The Bertz CT molecular complexity index is 418. The lowest BCUT2D eigenvalue weighted by Gasteiger charge is -2.23. The van der Waals surface area contributed by atoms with Crippen molar-refractivity contribution in [2.24, 2.45) is 0 Å². The van der Waals surface area contributed by atoms with Crippen LogP contribution >= 0.6 is 0 Å². The standard InChI is InChI=1S/C24H48NO4/c1-6-7-8-9-10-11-12-13-14-15-16-17-18-23(29-22(2)26)21-24(27)28-20-19-25(3,4)5/h23H,6-21H2,1-5H3/q+1. The first-order valence-corrected chi connectivity index (χ1v) is 11.9. The predicted molar refractivity (Wildman–Crippen MR) is 120 cm³/mol. The van der Waals surface area contributed by atoms with E-state index < -0.39 is 0 Å². The fourth-order valence-corrected chi connectivity index (χ4v) is 3.33. The molecule has 0 spiro atoms. The molecule has 0 aromatic carbocycles. The predicted octanol–water partition coefficient (Wildman–Crippen LogP) is 5.65. The lowest BCUT2D eigenvalue weighted by atomic mass is 10.0. The van der Waals surface area contributed by atoms with Gasteiger partial charge in [-0.25, -0.2) is 0 Å². The van der Waals surface area contributed by atoms with E-state index in [0.29, 0.717) is 6.61 Å². The topological polar surface area (TPSA) is 52.6 Å². The van der Waals surface area contributed by atoms with Gasteiger partial charge in [0.15, 0.2) is 0 Å². The summed E-state index contributed by atoms with van der Waals surface area (Å²) in [6.07, 6.45) is 16.1. The summed E-state index contributed by atoms with van der Waals surface area (Å²) in [6.45, 7) is 4.82. The Morgan fingerprint density at radius 3 is 1.72 bits per heavy atom. The molecule has 0 saturated carbocycles. The summed E-state index contributed by atoms with van der Waals surface area (Å²) in [7, 11) is 6.18. The third kappa shape index (κ3) is 21.4. The van der Waals surface area contributed by atoms with E-state index in [2.05, 4.69) is 28.1 Å². The van der Waals surface area contributed by atoms with E-state index in [-0.39, 0.29) is 24.5 Å². The molecule has 1 atom stereocenters. The normalized spacial score (nSPS) is 12.6. The van der Waals surface area contributed by atoms with Gasteiger partial charge in [-0.15, -0.1) is 0 Å². The van der Waals surface area contributed by atoms with Gasteiger partial charge in [-0.3, -0.25) is 9.59 Å². The molecule has 0 bridgehead atoms. The van der Waals surface area contributed by atoms with Crippen molar-refractivity contribution in [1.29, 1.82) is 0 Å². The Kier molecular flexibility index (Phi) is 17.1. The highest BCUT2D eigenvalue weighted by Gasteiger charge is 2.18. The van der Waals surface area contributed by atoms with E-state index >= 15 is 0 Å². The lowest BCUT2D eigenvalue weighted by Crippen LogP contribution is -2.38. The molecule has 0 saturated heterocycles. The highest BCUT2D eigenvalue weighted by Crippen LogP contribution is 2.15. The number of hydrogen-bond donors (Lipinski definition) is 0. The molecule has 0 N–H and O–H groups in total. The van der Waals surface area contributed by atoms with Crippen molar-refractivity contribution < 1.29 is 23.5 Å². The van der Waals surface area contributed by atoms with Crippen molar-refractivity contribution in [2.45, 2.75) is 110 Å². The van der Waals surface area contributed by atoms with Crippen LogP contribution in [0.3, 0.4) is 0 Å². The maximum absolute atomic E-state index is 12.0. The van der Waals surface area contributed by atoms with Crippen LogP contribution in [0.1, 0.15) is 104 Å². The monoisotopic (exact) mass is 414 g/mol. The van der Waals surface area contributed by atoms with Gasteiger partial charge in [-0.2, -0.15) is 0 Å². The molecule has 0 rings (SSSR count). The summed E-state index contributed by atoms with van der Waals surface area (Å²) in [5, 5.41) is 0. The van der Waals surface area contributed by atoms with Gasteiger partial charge in [0.05, 0.1) is 27.6 Å². The molecule has 0 aliphatic heterocycles. The van der Waals surface area contributed by atoms with Gasteiger partial charge in [0.2, 0.25) is 0 Å². The second-order valence-corrected chi connectivity index (χ2v) is 9.35. The van der Waals surface area contributed by atoms with Crippen molar-refractivity contribution in [1.82, 2.24) is 0 Å². The minimum Gasteiger partial charge on any atom is -0.462 e. The molecule has 5 nitrogen and oxygen atoms in total. The van der Waals surface area contributed by atoms with Gasteiger partial charge < -0.3 is 14.0 Å². The summed E-state index contributed by atoms with van der Waals surface area (Å²) in [5.41, 5.74) is 0. The first-order valence-electron chi connectivity index (χ1n) is 11.9. The van der Waals surface area contributed by atoms with Gasteiger partial charge >= 0.3 is 11.9 Å². The van der Waals surface area contributed by atoms with Crippen LogP contribution in [0.2, 0.25) is 0 Å². The number of rotatable bonds is 19. The molecular formula is C24H48NO4+. The third-order valence-corrected chi connectivity index (χ3v) is 5.13. The van der Waals surface area contributed by atoms with Crippen LogP contribution < -0.4 is 0 Å². The molecule has 0 aromatic heterocycles. The van der Waals surface area contributed by atoms with E-state index in [0.717, 1.165) is 30.3 Å². The molecule has 0 fully saturated rings. The molecule has 172 valence electrons. The fraction of sp³-hybridized carbons (Fsp3) is 0.917. The highest BCUT2D eigenvalue weighted by molar-refractivity contribution is 5.71. The Morgan fingerprint density at radius 2 is 1.28 bits per heavy atom. The smallest absolute Gasteiger partial charge is 0.309 e. The van der Waals surface area contributed by atoms with Crippen LogP contribution in [0.5, 0.6) is 0 Å². The molecule has 0 heterocycles. The number of quaternary nitrogens is 1. The Morgan fingerprint density at radius 1 is 0.793 bits per heavy atom. The summed E-state index contributed by atoms with van der Waals surface area (Å²) < 4.78 is 11.4. The number of carbonyl (C=O) groups excluding carboxylic acids is 2. The maximum atomic E-state index is 12.0. The zero-order valence-electron chi connectivity index (χ0n) is 20.0.